The van der Waals surface area contributed by atoms with E-state index in [1.165, 1.54) is 0 Å². The van der Waals surface area contributed by atoms with Gasteiger partial charge in [0.05, 0.1) is 11.0 Å². The van der Waals surface area contributed by atoms with Crippen molar-refractivity contribution >= 4 is 9.84 Å². The minimum Gasteiger partial charge on any atom is -0.229 e. The SMILES string of the molecule is CCC(C)(C)[C@H](C)CS(=O)(=O)C(C)C. The molecule has 0 spiro atoms. The maximum atomic E-state index is 11.7. The van der Waals surface area contributed by atoms with Crippen LogP contribution in [0.1, 0.15) is 48.0 Å². The normalized spacial score (nSPS) is 15.9. The molecule has 2 nitrogen and oxygen atoms in total. The summed E-state index contributed by atoms with van der Waals surface area (Å²) in [5, 5.41) is -0.252. The highest BCUT2D eigenvalue weighted by molar-refractivity contribution is 7.91. The van der Waals surface area contributed by atoms with Crippen molar-refractivity contribution in [2.24, 2.45) is 11.3 Å². The molecular weight excluding hydrogens is 196 g/mol. The van der Waals surface area contributed by atoms with Crippen LogP contribution in [0, 0.1) is 11.3 Å². The van der Waals surface area contributed by atoms with E-state index in [4.69, 9.17) is 0 Å². The van der Waals surface area contributed by atoms with Gasteiger partial charge < -0.3 is 0 Å². The molecule has 0 bridgehead atoms. The fraction of sp³-hybridized carbons (Fsp3) is 1.00. The number of hydrogen-bond donors (Lipinski definition) is 0. The smallest absolute Gasteiger partial charge is 0.152 e. The summed E-state index contributed by atoms with van der Waals surface area (Å²) in [7, 11) is -2.89. The molecule has 1 atom stereocenters. The van der Waals surface area contributed by atoms with Crippen molar-refractivity contribution in [3.63, 3.8) is 0 Å². The Labute approximate surface area is 89.0 Å². The molecule has 0 aromatic carbocycles. The molecule has 0 fully saturated rings. The van der Waals surface area contributed by atoms with Gasteiger partial charge >= 0.3 is 0 Å². The average Bonchev–Trinajstić information content (AvgIpc) is 2.03. The van der Waals surface area contributed by atoms with Gasteiger partial charge in [0.25, 0.3) is 0 Å². The van der Waals surface area contributed by atoms with Gasteiger partial charge in [-0.25, -0.2) is 8.42 Å². The summed E-state index contributed by atoms with van der Waals surface area (Å²) in [6.45, 7) is 11.9. The minimum absolute atomic E-state index is 0.113. The van der Waals surface area contributed by atoms with Gasteiger partial charge in [0.2, 0.25) is 0 Å². The van der Waals surface area contributed by atoms with Crippen LogP contribution in [0.3, 0.4) is 0 Å². The van der Waals surface area contributed by atoms with Crippen LogP contribution in [0.5, 0.6) is 0 Å². The van der Waals surface area contributed by atoms with Crippen molar-refractivity contribution in [2.45, 2.75) is 53.2 Å². The predicted molar refractivity (Wildman–Crippen MR) is 62.2 cm³/mol. The van der Waals surface area contributed by atoms with E-state index in [9.17, 15) is 8.42 Å². The maximum Gasteiger partial charge on any atom is 0.152 e. The van der Waals surface area contributed by atoms with E-state index in [1.54, 1.807) is 13.8 Å². The van der Waals surface area contributed by atoms with Crippen LogP contribution in [0.2, 0.25) is 0 Å². The third-order valence-electron chi connectivity index (χ3n) is 3.45. The molecule has 0 aromatic rings. The molecule has 86 valence electrons. The highest BCUT2D eigenvalue weighted by atomic mass is 32.2. The zero-order valence-corrected chi connectivity index (χ0v) is 11.1. The van der Waals surface area contributed by atoms with E-state index < -0.39 is 9.84 Å². The first-order valence-electron chi connectivity index (χ1n) is 5.35. The quantitative estimate of drug-likeness (QED) is 0.714. The molecule has 0 heterocycles. The summed E-state index contributed by atoms with van der Waals surface area (Å²) in [5.74, 6) is 0.533. The Bertz CT molecular complexity index is 263. The molecule has 0 saturated carbocycles. The molecule has 0 aliphatic heterocycles. The van der Waals surface area contributed by atoms with Crippen molar-refractivity contribution in [2.75, 3.05) is 5.75 Å². The van der Waals surface area contributed by atoms with Crippen molar-refractivity contribution in [3.8, 4) is 0 Å². The molecule has 0 aromatic heterocycles. The Hall–Kier alpha value is -0.0500. The molecule has 0 N–H and O–H groups in total. The Morgan fingerprint density at radius 1 is 1.14 bits per heavy atom. The van der Waals surface area contributed by atoms with Gasteiger partial charge in [-0.2, -0.15) is 0 Å². The van der Waals surface area contributed by atoms with E-state index in [0.29, 0.717) is 5.75 Å². The van der Waals surface area contributed by atoms with Crippen LogP contribution in [-0.2, 0) is 9.84 Å². The Kier molecular flexibility index (Phi) is 4.63. The largest absolute Gasteiger partial charge is 0.229 e. The van der Waals surface area contributed by atoms with Crippen molar-refractivity contribution in [3.05, 3.63) is 0 Å². The molecular formula is C11H24O2S. The first kappa shape index (κ1) is 13.9. The zero-order valence-electron chi connectivity index (χ0n) is 10.3. The molecule has 0 amide bonds. The molecule has 0 unspecified atom stereocenters. The lowest BCUT2D eigenvalue weighted by molar-refractivity contribution is 0.241. The lowest BCUT2D eigenvalue weighted by Crippen LogP contribution is -2.30. The highest BCUT2D eigenvalue weighted by Crippen LogP contribution is 2.31. The summed E-state index contributed by atoms with van der Waals surface area (Å²) in [6, 6.07) is 0. The Morgan fingerprint density at radius 2 is 1.57 bits per heavy atom. The average molecular weight is 220 g/mol. The van der Waals surface area contributed by atoms with Gasteiger partial charge in [-0.15, -0.1) is 0 Å². The van der Waals surface area contributed by atoms with Crippen LogP contribution in [0.25, 0.3) is 0 Å². The van der Waals surface area contributed by atoms with Crippen LogP contribution < -0.4 is 0 Å². The number of sulfone groups is 1. The van der Waals surface area contributed by atoms with Crippen LogP contribution in [0.15, 0.2) is 0 Å². The van der Waals surface area contributed by atoms with Gasteiger partial charge in [0.15, 0.2) is 9.84 Å². The molecule has 0 rings (SSSR count). The van der Waals surface area contributed by atoms with Gasteiger partial charge in [-0.05, 0) is 25.2 Å². The van der Waals surface area contributed by atoms with E-state index in [2.05, 4.69) is 20.8 Å². The first-order chi connectivity index (χ1) is 6.13. The third kappa shape index (κ3) is 3.60. The lowest BCUT2D eigenvalue weighted by atomic mass is 9.79. The second-order valence-corrected chi connectivity index (χ2v) is 7.72. The molecule has 0 radical (unpaired) electrons. The zero-order chi connectivity index (χ0) is 11.6. The van der Waals surface area contributed by atoms with Gasteiger partial charge in [-0.1, -0.05) is 34.1 Å². The number of hydrogen-bond acceptors (Lipinski definition) is 2. The monoisotopic (exact) mass is 220 g/mol. The lowest BCUT2D eigenvalue weighted by Gasteiger charge is -2.30. The predicted octanol–water partition coefficient (Wildman–Crippen LogP) is 2.88. The summed E-state index contributed by atoms with van der Waals surface area (Å²) in [4.78, 5) is 0. The molecule has 0 aliphatic rings. The number of rotatable bonds is 5. The topological polar surface area (TPSA) is 34.1 Å². The van der Waals surface area contributed by atoms with Crippen molar-refractivity contribution < 1.29 is 8.42 Å². The maximum absolute atomic E-state index is 11.7. The van der Waals surface area contributed by atoms with Crippen molar-refractivity contribution in [1.82, 2.24) is 0 Å². The van der Waals surface area contributed by atoms with E-state index in [1.807, 2.05) is 6.92 Å². The van der Waals surface area contributed by atoms with E-state index in [-0.39, 0.29) is 16.6 Å². The van der Waals surface area contributed by atoms with E-state index in [0.717, 1.165) is 6.42 Å². The summed E-state index contributed by atoms with van der Waals surface area (Å²) in [6.07, 6.45) is 1.02. The standard InChI is InChI=1S/C11H24O2S/c1-7-11(5,6)10(4)8-14(12,13)9(2)3/h9-10H,7-8H2,1-6H3/t10-/m1/s1. The summed E-state index contributed by atoms with van der Waals surface area (Å²) in [5.41, 5.74) is 0.113. The Morgan fingerprint density at radius 3 is 1.86 bits per heavy atom. The molecule has 0 aliphatic carbocycles. The van der Waals surface area contributed by atoms with E-state index >= 15 is 0 Å². The van der Waals surface area contributed by atoms with Gasteiger partial charge in [0.1, 0.15) is 0 Å². The summed E-state index contributed by atoms with van der Waals surface area (Å²) < 4.78 is 23.4. The molecule has 14 heavy (non-hydrogen) atoms. The summed E-state index contributed by atoms with van der Waals surface area (Å²) >= 11 is 0. The third-order valence-corrected chi connectivity index (χ3v) is 5.85. The highest BCUT2D eigenvalue weighted by Gasteiger charge is 2.29. The second kappa shape index (κ2) is 4.65. The van der Waals surface area contributed by atoms with Gasteiger partial charge in [0, 0.05) is 0 Å². The first-order valence-corrected chi connectivity index (χ1v) is 7.06. The molecule has 0 saturated heterocycles. The minimum atomic E-state index is -2.89. The van der Waals surface area contributed by atoms with Crippen LogP contribution in [-0.4, -0.2) is 19.4 Å². The second-order valence-electron chi connectivity index (χ2n) is 5.12. The molecule has 3 heteroatoms. The Balaban J connectivity index is 4.56. The van der Waals surface area contributed by atoms with Crippen molar-refractivity contribution in [1.29, 1.82) is 0 Å². The van der Waals surface area contributed by atoms with Crippen LogP contribution >= 0.6 is 0 Å². The van der Waals surface area contributed by atoms with Gasteiger partial charge in [-0.3, -0.25) is 0 Å². The van der Waals surface area contributed by atoms with Crippen LogP contribution in [0.4, 0.5) is 0 Å². The fourth-order valence-electron chi connectivity index (χ4n) is 1.11. The fourth-order valence-corrected chi connectivity index (χ4v) is 2.65.